The minimum Gasteiger partial charge on any atom is -0.461 e. The molecule has 2 bridgehead atoms. The summed E-state index contributed by atoms with van der Waals surface area (Å²) in [5, 5.41) is 7.85. The van der Waals surface area contributed by atoms with Crippen LogP contribution in [0.5, 0.6) is 0 Å². The summed E-state index contributed by atoms with van der Waals surface area (Å²) >= 11 is 0. The number of carbonyl (C=O) groups is 7. The van der Waals surface area contributed by atoms with Gasteiger partial charge in [0.25, 0.3) is 0 Å². The Balaban J connectivity index is 1.27. The number of esters is 1. The van der Waals surface area contributed by atoms with Crippen molar-refractivity contribution in [1.82, 2.24) is 30.7 Å². The van der Waals surface area contributed by atoms with Gasteiger partial charge in [-0.2, -0.15) is 0 Å². The highest BCUT2D eigenvalue weighted by Gasteiger charge is 2.44. The lowest BCUT2D eigenvalue weighted by molar-refractivity contribution is -0.158. The summed E-state index contributed by atoms with van der Waals surface area (Å²) in [6.45, 7) is 4.77. The fourth-order valence-corrected chi connectivity index (χ4v) is 8.43. The number of hydrogen-bond donors (Lipinski definition) is 3. The van der Waals surface area contributed by atoms with Crippen molar-refractivity contribution < 1.29 is 47.1 Å². The van der Waals surface area contributed by atoms with E-state index in [1.807, 2.05) is 0 Å². The first-order chi connectivity index (χ1) is 26.6. The minimum absolute atomic E-state index is 0.0576. The number of benzene rings is 1. The maximum atomic E-state index is 14.3. The second-order valence-electron chi connectivity index (χ2n) is 15.7. The number of amides is 6. The minimum atomic E-state index is -1.56. The molecule has 6 amide bonds. The molecule has 1 aromatic carbocycles. The van der Waals surface area contributed by atoms with E-state index in [1.165, 1.54) is 47.2 Å². The molecule has 4 fully saturated rings. The van der Waals surface area contributed by atoms with Crippen molar-refractivity contribution in [3.05, 3.63) is 59.2 Å². The Labute approximate surface area is 324 Å². The van der Waals surface area contributed by atoms with Crippen LogP contribution in [0.4, 0.5) is 8.78 Å². The van der Waals surface area contributed by atoms with E-state index in [-0.39, 0.29) is 43.8 Å². The van der Waals surface area contributed by atoms with Gasteiger partial charge in [-0.1, -0.05) is 24.6 Å². The van der Waals surface area contributed by atoms with E-state index in [2.05, 4.69) is 29.0 Å². The lowest BCUT2D eigenvalue weighted by Gasteiger charge is -2.42. The van der Waals surface area contributed by atoms with Crippen molar-refractivity contribution in [1.29, 1.82) is 0 Å². The Hall–Kier alpha value is -5.15. The highest BCUT2D eigenvalue weighted by Crippen LogP contribution is 2.46. The van der Waals surface area contributed by atoms with Crippen molar-refractivity contribution in [2.24, 2.45) is 17.8 Å². The Kier molecular flexibility index (Phi) is 12.2. The van der Waals surface area contributed by atoms with Crippen molar-refractivity contribution in [3.8, 4) is 0 Å². The molecule has 3 aliphatic carbocycles. The van der Waals surface area contributed by atoms with Gasteiger partial charge >= 0.3 is 5.97 Å². The summed E-state index contributed by atoms with van der Waals surface area (Å²) in [5.41, 5.74) is 1.39. The molecule has 1 aromatic rings. The van der Waals surface area contributed by atoms with Crippen LogP contribution >= 0.6 is 0 Å². The van der Waals surface area contributed by atoms with Gasteiger partial charge in [0.05, 0.1) is 0 Å². The second-order valence-corrected chi connectivity index (χ2v) is 15.7. The van der Waals surface area contributed by atoms with Crippen LogP contribution in [0.25, 0.3) is 0 Å². The summed E-state index contributed by atoms with van der Waals surface area (Å²) in [5.74, 6) is -5.68. The van der Waals surface area contributed by atoms with Crippen LogP contribution in [-0.2, 0) is 44.7 Å². The molecule has 1 saturated carbocycles. The lowest BCUT2D eigenvalue weighted by atomic mass is 9.63. The molecule has 0 spiro atoms. The van der Waals surface area contributed by atoms with Crippen LogP contribution in [0.3, 0.4) is 0 Å². The van der Waals surface area contributed by atoms with Crippen LogP contribution < -0.4 is 16.0 Å². The molecule has 9 atom stereocenters. The smallest absolute Gasteiger partial charge is 0.328 e. The average Bonchev–Trinajstić information content (AvgIpc) is 3.84. The van der Waals surface area contributed by atoms with Gasteiger partial charge in [-0.25, -0.2) is 13.6 Å². The molecule has 3 saturated heterocycles. The van der Waals surface area contributed by atoms with Gasteiger partial charge < -0.3 is 35.4 Å². The number of allylic oxidation sites excluding steroid dienone is 3. The molecule has 7 rings (SSSR count). The van der Waals surface area contributed by atoms with Crippen LogP contribution in [0, 0.1) is 29.4 Å². The van der Waals surface area contributed by atoms with Crippen LogP contribution in [-0.4, -0.2) is 119 Å². The Bertz CT molecular complexity index is 1820. The summed E-state index contributed by atoms with van der Waals surface area (Å²) < 4.78 is 34.2. The molecule has 6 aliphatic rings. The highest BCUT2D eigenvalue weighted by molar-refractivity contribution is 5.98. The average molecular weight is 781 g/mol. The van der Waals surface area contributed by atoms with Gasteiger partial charge in [0.1, 0.15) is 54.5 Å². The first-order valence-corrected chi connectivity index (χ1v) is 19.4. The van der Waals surface area contributed by atoms with Gasteiger partial charge in [-0.05, 0) is 93.9 Å². The standard InChI is InChI=1S/C40H50F2N6O8/c1-21-26(13-24-14-27(21)15-24)9-10-34(49)44-30(18-25-16-28(41)19-29(42)17-25)36(51)45-31-20-56-40(55)33-8-6-12-48(33)37(52)22(2)43-35(50)23(3)46(4)39(54)32-7-5-11-47(32)38(31)53/h9-10,14,16-17,19,21-23,26-27,30-33H,5-8,11-13,15,18,20H2,1-4H3,(H,43,50)(H,44,49)(H,45,51)/t21-,22+,23+,26+,27?,30+,31+,32+,33+/m1/s1. The summed E-state index contributed by atoms with van der Waals surface area (Å²) in [6, 6.07) is -4.34. The fraction of sp³-hybridized carbons (Fsp3) is 0.575. The monoisotopic (exact) mass is 780 g/mol. The number of hydrogen-bond acceptors (Lipinski definition) is 8. The van der Waals surface area contributed by atoms with Gasteiger partial charge in [0.15, 0.2) is 0 Å². The molecule has 1 unspecified atom stereocenters. The topological polar surface area (TPSA) is 175 Å². The molecule has 0 radical (unpaired) electrons. The van der Waals surface area contributed by atoms with E-state index >= 15 is 0 Å². The van der Waals surface area contributed by atoms with Gasteiger partial charge in [0.2, 0.25) is 35.4 Å². The number of cyclic esters (lactones) is 1. The van der Waals surface area contributed by atoms with Crippen molar-refractivity contribution in [3.63, 3.8) is 0 Å². The molecule has 16 heteroatoms. The van der Waals surface area contributed by atoms with Crippen LogP contribution in [0.15, 0.2) is 42.0 Å². The van der Waals surface area contributed by atoms with E-state index in [1.54, 1.807) is 6.08 Å². The van der Waals surface area contributed by atoms with E-state index in [0.29, 0.717) is 30.7 Å². The number of rotatable bonds is 7. The Morgan fingerprint density at radius 2 is 1.57 bits per heavy atom. The first kappa shape index (κ1) is 40.5. The normalized spacial score (nSPS) is 30.6. The number of likely N-dealkylation sites (N-methyl/N-ethyl adjacent to an activating group) is 1. The molecule has 3 heterocycles. The second kappa shape index (κ2) is 16.9. The molecule has 14 nitrogen and oxygen atoms in total. The third-order valence-electron chi connectivity index (χ3n) is 12.0. The zero-order chi connectivity index (χ0) is 40.4. The van der Waals surface area contributed by atoms with Gasteiger partial charge in [-0.3, -0.25) is 28.8 Å². The number of halogens is 2. The summed E-state index contributed by atoms with van der Waals surface area (Å²) in [4.78, 5) is 99.5. The largest absolute Gasteiger partial charge is 0.461 e. The molecule has 3 N–H and O–H groups in total. The van der Waals surface area contributed by atoms with Crippen molar-refractivity contribution >= 4 is 41.4 Å². The molecular weight excluding hydrogens is 730 g/mol. The zero-order valence-electron chi connectivity index (χ0n) is 32.1. The van der Waals surface area contributed by atoms with E-state index in [4.69, 9.17) is 4.74 Å². The number of fused-ring (bicyclic) bond motifs is 4. The predicted molar refractivity (Wildman–Crippen MR) is 197 cm³/mol. The van der Waals surface area contributed by atoms with E-state index in [9.17, 15) is 42.3 Å². The first-order valence-electron chi connectivity index (χ1n) is 19.4. The molecule has 0 aromatic heterocycles. The SMILES string of the molecule is C[C@@H]1NC(=O)[C@H](C)N(C)C(=O)[C@@H]2CCCN2C(=O)[C@@H](NC(=O)[C@H](Cc2cc(F)cc(F)c2)NC(=O)C=C[C@H]2CC3=CC(C3)[C@@H]2C)COC(=O)[C@@H]2CCCN2C1=O. The van der Waals surface area contributed by atoms with Gasteiger partial charge in [0, 0.05) is 32.6 Å². The quantitative estimate of drug-likeness (QED) is 0.212. The molecular formula is C40H50F2N6O8. The molecule has 3 aliphatic heterocycles. The predicted octanol–water partition coefficient (Wildman–Crippen LogP) is 1.53. The summed E-state index contributed by atoms with van der Waals surface area (Å²) in [7, 11) is 1.42. The summed E-state index contributed by atoms with van der Waals surface area (Å²) in [6.07, 6.45) is 8.32. The van der Waals surface area contributed by atoms with Crippen molar-refractivity contribution in [2.45, 2.75) is 102 Å². The van der Waals surface area contributed by atoms with Gasteiger partial charge in [-0.15, -0.1) is 0 Å². The Morgan fingerprint density at radius 3 is 2.23 bits per heavy atom. The molecule has 56 heavy (non-hydrogen) atoms. The zero-order valence-corrected chi connectivity index (χ0v) is 32.1. The molecule has 302 valence electrons. The number of nitrogens with one attached hydrogen (secondary N) is 3. The fourth-order valence-electron chi connectivity index (χ4n) is 8.43. The van der Waals surface area contributed by atoms with Crippen LogP contribution in [0.2, 0.25) is 0 Å². The maximum Gasteiger partial charge on any atom is 0.328 e. The number of nitrogens with zero attached hydrogens (tertiary/aromatic N) is 3. The van der Waals surface area contributed by atoms with E-state index < -0.39 is 95.9 Å². The van der Waals surface area contributed by atoms with Crippen molar-refractivity contribution in [2.75, 3.05) is 26.7 Å². The Morgan fingerprint density at radius 1 is 0.929 bits per heavy atom. The lowest BCUT2D eigenvalue weighted by Crippen LogP contribution is -2.60. The third kappa shape index (κ3) is 8.78. The maximum absolute atomic E-state index is 14.3. The number of carbonyl (C=O) groups excluding carboxylic acids is 7. The third-order valence-corrected chi connectivity index (χ3v) is 12.0. The van der Waals surface area contributed by atoms with Crippen LogP contribution in [0.1, 0.15) is 64.9 Å². The number of ether oxygens (including phenoxy) is 1. The van der Waals surface area contributed by atoms with E-state index in [0.717, 1.165) is 25.0 Å². The highest BCUT2D eigenvalue weighted by atomic mass is 19.1.